The van der Waals surface area contributed by atoms with Crippen LogP contribution in [0, 0.1) is 0 Å². The monoisotopic (exact) mass is 366 g/mol. The molecule has 0 bridgehead atoms. The van der Waals surface area contributed by atoms with E-state index in [1.165, 1.54) is 6.07 Å². The van der Waals surface area contributed by atoms with Crippen molar-refractivity contribution in [2.24, 2.45) is 0 Å². The first-order valence-electron chi connectivity index (χ1n) is 7.35. The van der Waals surface area contributed by atoms with Crippen LogP contribution in [0.2, 0.25) is 5.02 Å². The van der Waals surface area contributed by atoms with Gasteiger partial charge in [0, 0.05) is 11.6 Å². The minimum Gasteiger partial charge on any atom is -0.350 e. The molecular weight excluding hydrogens is 348 g/mol. The van der Waals surface area contributed by atoms with Gasteiger partial charge in [-0.3, -0.25) is 9.10 Å². The third kappa shape index (κ3) is 4.72. The maximum absolute atomic E-state index is 12.4. The third-order valence-corrected chi connectivity index (χ3v) is 4.94. The van der Waals surface area contributed by atoms with Crippen molar-refractivity contribution in [1.82, 2.24) is 5.32 Å². The fourth-order valence-corrected chi connectivity index (χ4v) is 3.71. The lowest BCUT2D eigenvalue weighted by molar-refractivity contribution is -0.122. The maximum atomic E-state index is 12.4. The number of hydrogen-bond acceptors (Lipinski definition) is 3. The van der Waals surface area contributed by atoms with Gasteiger partial charge in [-0.2, -0.15) is 0 Å². The third-order valence-electron chi connectivity index (χ3n) is 3.46. The molecule has 1 amide bonds. The van der Waals surface area contributed by atoms with E-state index in [1.54, 1.807) is 25.1 Å². The summed E-state index contributed by atoms with van der Waals surface area (Å²) in [5, 5.41) is 3.16. The van der Waals surface area contributed by atoms with Crippen LogP contribution in [0.15, 0.2) is 54.6 Å². The van der Waals surface area contributed by atoms with E-state index in [0.29, 0.717) is 17.3 Å². The molecule has 2 aromatic carbocycles. The van der Waals surface area contributed by atoms with Crippen LogP contribution < -0.4 is 9.62 Å². The number of nitrogens with zero attached hydrogens (tertiary/aromatic N) is 1. The molecule has 0 saturated heterocycles. The van der Waals surface area contributed by atoms with Gasteiger partial charge in [-0.05, 0) is 30.7 Å². The molecule has 0 aromatic heterocycles. The average Bonchev–Trinajstić information content (AvgIpc) is 2.52. The summed E-state index contributed by atoms with van der Waals surface area (Å²) >= 11 is 5.94. The zero-order valence-electron chi connectivity index (χ0n) is 13.4. The Morgan fingerprint density at radius 2 is 1.83 bits per heavy atom. The second-order valence-electron chi connectivity index (χ2n) is 5.42. The number of nitrogens with one attached hydrogen (secondary N) is 1. The van der Waals surface area contributed by atoms with E-state index in [4.69, 9.17) is 11.6 Å². The van der Waals surface area contributed by atoms with Gasteiger partial charge >= 0.3 is 0 Å². The van der Waals surface area contributed by atoms with Crippen LogP contribution in [0.5, 0.6) is 0 Å². The summed E-state index contributed by atoms with van der Waals surface area (Å²) in [6, 6.07) is 14.9. The molecule has 0 spiro atoms. The summed E-state index contributed by atoms with van der Waals surface area (Å²) < 4.78 is 25.4. The van der Waals surface area contributed by atoms with Crippen LogP contribution >= 0.6 is 11.6 Å². The van der Waals surface area contributed by atoms with Gasteiger partial charge in [-0.1, -0.05) is 48.0 Å². The predicted octanol–water partition coefficient (Wildman–Crippen LogP) is 2.81. The standard InChI is InChI=1S/C17H19ClN2O3S/c1-13(17(21)19-12-14-7-4-3-5-8-14)20(24(2,22)23)16-10-6-9-15(18)11-16/h3-11,13H,12H2,1-2H3,(H,19,21)/t13-/m1/s1. The number of sulfonamides is 1. The van der Waals surface area contributed by atoms with Gasteiger partial charge in [0.05, 0.1) is 11.9 Å². The largest absolute Gasteiger partial charge is 0.350 e. The molecular formula is C17H19ClN2O3S. The van der Waals surface area contributed by atoms with Crippen molar-refractivity contribution in [2.45, 2.75) is 19.5 Å². The summed E-state index contributed by atoms with van der Waals surface area (Å²) in [4.78, 5) is 12.4. The highest BCUT2D eigenvalue weighted by Gasteiger charge is 2.29. The van der Waals surface area contributed by atoms with Crippen molar-refractivity contribution in [1.29, 1.82) is 0 Å². The average molecular weight is 367 g/mol. The molecule has 0 aliphatic heterocycles. The lowest BCUT2D eigenvalue weighted by atomic mass is 10.2. The number of carbonyl (C=O) groups excluding carboxylic acids is 1. The first-order chi connectivity index (χ1) is 11.3. The summed E-state index contributed by atoms with van der Waals surface area (Å²) in [5.41, 5.74) is 1.29. The van der Waals surface area contributed by atoms with Crippen molar-refractivity contribution in [3.05, 3.63) is 65.2 Å². The van der Waals surface area contributed by atoms with Crippen molar-refractivity contribution >= 4 is 33.2 Å². The number of hydrogen-bond donors (Lipinski definition) is 1. The summed E-state index contributed by atoms with van der Waals surface area (Å²) in [6.45, 7) is 1.87. The lowest BCUT2D eigenvalue weighted by Gasteiger charge is -2.28. The van der Waals surface area contributed by atoms with Crippen molar-refractivity contribution in [3.63, 3.8) is 0 Å². The van der Waals surface area contributed by atoms with Gasteiger partial charge in [-0.25, -0.2) is 8.42 Å². The number of halogens is 1. The van der Waals surface area contributed by atoms with E-state index in [9.17, 15) is 13.2 Å². The number of anilines is 1. The number of amides is 1. The Morgan fingerprint density at radius 1 is 1.17 bits per heavy atom. The van der Waals surface area contributed by atoms with Crippen molar-refractivity contribution < 1.29 is 13.2 Å². The fourth-order valence-electron chi connectivity index (χ4n) is 2.35. The Balaban J connectivity index is 2.19. The van der Waals surface area contributed by atoms with Crippen LogP contribution in [0.25, 0.3) is 0 Å². The predicted molar refractivity (Wildman–Crippen MR) is 96.5 cm³/mol. The molecule has 0 unspecified atom stereocenters. The summed E-state index contributed by atoms with van der Waals surface area (Å²) in [5.74, 6) is -0.385. The molecule has 0 fully saturated rings. The van der Waals surface area contributed by atoms with Crippen LogP contribution in [0.4, 0.5) is 5.69 Å². The van der Waals surface area contributed by atoms with Gasteiger partial charge in [0.1, 0.15) is 6.04 Å². The number of rotatable bonds is 6. The second kappa shape index (κ2) is 7.68. The number of benzene rings is 2. The molecule has 2 aromatic rings. The van der Waals surface area contributed by atoms with E-state index in [2.05, 4.69) is 5.32 Å². The molecule has 2 rings (SSSR count). The van der Waals surface area contributed by atoms with Crippen LogP contribution in [-0.2, 0) is 21.4 Å². The topological polar surface area (TPSA) is 66.5 Å². The van der Waals surface area contributed by atoms with Gasteiger partial charge in [0.25, 0.3) is 0 Å². The van der Waals surface area contributed by atoms with Gasteiger partial charge in [0.2, 0.25) is 15.9 Å². The molecule has 7 heteroatoms. The summed E-state index contributed by atoms with van der Waals surface area (Å²) in [7, 11) is -3.65. The van der Waals surface area contributed by atoms with Gasteiger partial charge in [0.15, 0.2) is 0 Å². The smallest absolute Gasteiger partial charge is 0.243 e. The SMILES string of the molecule is C[C@H](C(=O)NCc1ccccc1)N(c1cccc(Cl)c1)S(C)(=O)=O. The van der Waals surface area contributed by atoms with Crippen molar-refractivity contribution in [3.8, 4) is 0 Å². The lowest BCUT2D eigenvalue weighted by Crippen LogP contribution is -2.47. The molecule has 0 saturated carbocycles. The first-order valence-corrected chi connectivity index (χ1v) is 9.58. The highest BCUT2D eigenvalue weighted by Crippen LogP contribution is 2.24. The normalized spacial score (nSPS) is 12.5. The Kier molecular flexibility index (Phi) is 5.85. The van der Waals surface area contributed by atoms with Gasteiger partial charge in [-0.15, -0.1) is 0 Å². The van der Waals surface area contributed by atoms with E-state index in [-0.39, 0.29) is 5.91 Å². The zero-order valence-corrected chi connectivity index (χ0v) is 15.0. The highest BCUT2D eigenvalue weighted by molar-refractivity contribution is 7.92. The molecule has 24 heavy (non-hydrogen) atoms. The molecule has 5 nitrogen and oxygen atoms in total. The van der Waals surface area contributed by atoms with E-state index in [1.807, 2.05) is 30.3 Å². The molecule has 1 N–H and O–H groups in total. The minimum atomic E-state index is -3.65. The highest BCUT2D eigenvalue weighted by atomic mass is 35.5. The fraction of sp³-hybridized carbons (Fsp3) is 0.235. The van der Waals surface area contributed by atoms with Crippen LogP contribution in [-0.4, -0.2) is 26.6 Å². The van der Waals surface area contributed by atoms with Crippen LogP contribution in [0.1, 0.15) is 12.5 Å². The number of carbonyl (C=O) groups is 1. The van der Waals surface area contributed by atoms with E-state index < -0.39 is 16.1 Å². The second-order valence-corrected chi connectivity index (χ2v) is 7.71. The minimum absolute atomic E-state index is 0.331. The molecule has 0 aliphatic carbocycles. The van der Waals surface area contributed by atoms with E-state index in [0.717, 1.165) is 16.1 Å². The first kappa shape index (κ1) is 18.3. The Hall–Kier alpha value is -2.05. The Bertz CT molecular complexity index is 810. The maximum Gasteiger partial charge on any atom is 0.243 e. The van der Waals surface area contributed by atoms with Crippen molar-refractivity contribution in [2.75, 3.05) is 10.6 Å². The molecule has 128 valence electrons. The van der Waals surface area contributed by atoms with E-state index >= 15 is 0 Å². The summed E-state index contributed by atoms with van der Waals surface area (Å²) in [6.07, 6.45) is 1.06. The Labute approximate surface area is 147 Å². The molecule has 0 heterocycles. The molecule has 0 radical (unpaired) electrons. The molecule has 0 aliphatic rings. The Morgan fingerprint density at radius 3 is 2.42 bits per heavy atom. The zero-order chi connectivity index (χ0) is 17.7. The quantitative estimate of drug-likeness (QED) is 0.854. The van der Waals surface area contributed by atoms with Gasteiger partial charge < -0.3 is 5.32 Å². The molecule has 1 atom stereocenters. The van der Waals surface area contributed by atoms with Crippen LogP contribution in [0.3, 0.4) is 0 Å².